The highest BCUT2D eigenvalue weighted by atomic mass is 16.5. The van der Waals surface area contributed by atoms with Gasteiger partial charge in [-0.2, -0.15) is 0 Å². The number of carbonyl (C=O) groups is 2. The second kappa shape index (κ2) is 10.6. The summed E-state index contributed by atoms with van der Waals surface area (Å²) < 4.78 is 5.38. The van der Waals surface area contributed by atoms with Crippen molar-refractivity contribution < 1.29 is 14.3 Å². The minimum Gasteiger partial charge on any atom is -0.379 e. The lowest BCUT2D eigenvalue weighted by molar-refractivity contribution is -0.123. The summed E-state index contributed by atoms with van der Waals surface area (Å²) in [5, 5.41) is 6.03. The van der Waals surface area contributed by atoms with Gasteiger partial charge in [0.25, 0.3) is 5.91 Å². The van der Waals surface area contributed by atoms with E-state index < -0.39 is 6.04 Å². The van der Waals surface area contributed by atoms with E-state index in [1.807, 2.05) is 26.0 Å². The number of carbonyl (C=O) groups excluding carboxylic acids is 2. The van der Waals surface area contributed by atoms with Crippen molar-refractivity contribution in [2.45, 2.75) is 70.3 Å². The van der Waals surface area contributed by atoms with Crippen molar-refractivity contribution in [2.75, 3.05) is 39.4 Å². The number of hydrogen-bond acceptors (Lipinski definition) is 4. The third kappa shape index (κ3) is 5.59. The van der Waals surface area contributed by atoms with E-state index >= 15 is 0 Å². The zero-order valence-electron chi connectivity index (χ0n) is 21.6. The number of rotatable bonds is 9. The summed E-state index contributed by atoms with van der Waals surface area (Å²) >= 11 is 0. The molecular weight excluding hydrogens is 438 g/mol. The van der Waals surface area contributed by atoms with E-state index in [9.17, 15) is 9.59 Å². The number of amides is 2. The van der Waals surface area contributed by atoms with Gasteiger partial charge in [-0.15, -0.1) is 0 Å². The maximum absolute atomic E-state index is 13.1. The van der Waals surface area contributed by atoms with Crippen LogP contribution in [0.3, 0.4) is 0 Å². The normalized spacial score (nSPS) is 30.9. The molecule has 1 aromatic rings. The minimum absolute atomic E-state index is 0.0180. The monoisotopic (exact) mass is 481 g/mol. The fourth-order valence-corrected chi connectivity index (χ4v) is 7.65. The van der Waals surface area contributed by atoms with Gasteiger partial charge in [-0.25, -0.2) is 0 Å². The fraction of sp³-hybridized carbons (Fsp3) is 0.724. The highest BCUT2D eigenvalue weighted by Gasteiger charge is 2.51. The van der Waals surface area contributed by atoms with E-state index in [0.29, 0.717) is 17.5 Å². The second-order valence-corrected chi connectivity index (χ2v) is 12.1. The lowest BCUT2D eigenvalue weighted by atomic mass is 9.48. The molecule has 6 nitrogen and oxygen atoms in total. The number of benzene rings is 1. The van der Waals surface area contributed by atoms with Crippen molar-refractivity contribution in [3.8, 4) is 0 Å². The number of morpholine rings is 1. The Morgan fingerprint density at radius 1 is 1.00 bits per heavy atom. The molecule has 1 heterocycles. The van der Waals surface area contributed by atoms with Crippen molar-refractivity contribution >= 4 is 11.8 Å². The SMILES string of the molecule is CC(C)C(NC(=O)c1ccc(C23CC4CC(CC(C4)C2)C3)cc1)C(=O)NCCCN1CCOCC1. The highest BCUT2D eigenvalue weighted by Crippen LogP contribution is 2.60. The summed E-state index contributed by atoms with van der Waals surface area (Å²) in [5.74, 6) is 2.48. The highest BCUT2D eigenvalue weighted by molar-refractivity contribution is 5.97. The van der Waals surface area contributed by atoms with Crippen LogP contribution in [0, 0.1) is 23.7 Å². The molecule has 0 radical (unpaired) electrons. The van der Waals surface area contributed by atoms with Crippen LogP contribution in [0.5, 0.6) is 0 Å². The predicted octanol–water partition coefficient (Wildman–Crippen LogP) is 3.75. The first-order valence-electron chi connectivity index (χ1n) is 13.9. The molecule has 192 valence electrons. The van der Waals surface area contributed by atoms with E-state index in [1.54, 1.807) is 0 Å². The quantitative estimate of drug-likeness (QED) is 0.527. The molecule has 1 atom stereocenters. The van der Waals surface area contributed by atoms with E-state index in [-0.39, 0.29) is 17.7 Å². The topological polar surface area (TPSA) is 70.7 Å². The average molecular weight is 482 g/mol. The van der Waals surface area contributed by atoms with Crippen LogP contribution < -0.4 is 10.6 Å². The van der Waals surface area contributed by atoms with Crippen molar-refractivity contribution in [1.29, 1.82) is 0 Å². The molecule has 2 amide bonds. The Bertz CT molecular complexity index is 856. The number of ether oxygens (including phenoxy) is 1. The van der Waals surface area contributed by atoms with Crippen LogP contribution in [0.1, 0.15) is 74.7 Å². The Balaban J connectivity index is 1.14. The summed E-state index contributed by atoms with van der Waals surface area (Å²) in [7, 11) is 0. The molecule has 6 rings (SSSR count). The Morgan fingerprint density at radius 3 is 2.17 bits per heavy atom. The molecule has 0 spiro atoms. The van der Waals surface area contributed by atoms with E-state index in [4.69, 9.17) is 4.74 Å². The molecule has 35 heavy (non-hydrogen) atoms. The standard InChI is InChI=1S/C29H43N3O3/c1-20(2)26(28(34)30-8-3-9-32-10-12-35-13-11-32)31-27(33)24-4-6-25(7-5-24)29-17-21-14-22(18-29)16-23(15-21)19-29/h4-7,20-23,26H,3,8-19H2,1-2H3,(H,30,34)(H,31,33). The van der Waals surface area contributed by atoms with Crippen LogP contribution in [-0.4, -0.2) is 62.1 Å². The van der Waals surface area contributed by atoms with E-state index in [1.165, 1.54) is 44.1 Å². The summed E-state index contributed by atoms with van der Waals surface area (Å²) in [6.07, 6.45) is 9.18. The Morgan fingerprint density at radius 2 is 1.60 bits per heavy atom. The average Bonchev–Trinajstić information content (AvgIpc) is 2.84. The zero-order chi connectivity index (χ0) is 24.4. The fourth-order valence-electron chi connectivity index (χ4n) is 7.65. The van der Waals surface area contributed by atoms with Gasteiger partial charge in [0.1, 0.15) is 6.04 Å². The third-order valence-electron chi connectivity index (χ3n) is 9.09. The lowest BCUT2D eigenvalue weighted by Gasteiger charge is -2.57. The van der Waals surface area contributed by atoms with Crippen LogP contribution in [0.25, 0.3) is 0 Å². The molecule has 2 N–H and O–H groups in total. The summed E-state index contributed by atoms with van der Waals surface area (Å²) in [5.41, 5.74) is 2.40. The largest absolute Gasteiger partial charge is 0.379 e. The Kier molecular flexibility index (Phi) is 7.50. The Hall–Kier alpha value is -1.92. The van der Waals surface area contributed by atoms with Crippen LogP contribution >= 0.6 is 0 Å². The molecular formula is C29H43N3O3. The van der Waals surface area contributed by atoms with Crippen molar-refractivity contribution in [3.05, 3.63) is 35.4 Å². The van der Waals surface area contributed by atoms with Gasteiger partial charge in [0, 0.05) is 25.2 Å². The maximum atomic E-state index is 13.1. The zero-order valence-corrected chi connectivity index (χ0v) is 21.6. The maximum Gasteiger partial charge on any atom is 0.251 e. The molecule has 4 bridgehead atoms. The van der Waals surface area contributed by atoms with Crippen LogP contribution in [0.15, 0.2) is 24.3 Å². The summed E-state index contributed by atoms with van der Waals surface area (Å²) in [6, 6.07) is 7.80. The molecule has 1 unspecified atom stereocenters. The van der Waals surface area contributed by atoms with Gasteiger partial charge in [-0.05, 0) is 98.3 Å². The van der Waals surface area contributed by atoms with Crippen molar-refractivity contribution in [1.82, 2.24) is 15.5 Å². The van der Waals surface area contributed by atoms with Crippen LogP contribution in [-0.2, 0) is 14.9 Å². The minimum atomic E-state index is -0.534. The molecule has 5 aliphatic rings. The molecule has 6 heteroatoms. The summed E-state index contributed by atoms with van der Waals surface area (Å²) in [4.78, 5) is 28.3. The van der Waals surface area contributed by atoms with E-state index in [0.717, 1.165) is 57.0 Å². The molecule has 1 aliphatic heterocycles. The number of nitrogens with zero attached hydrogens (tertiary/aromatic N) is 1. The molecule has 5 fully saturated rings. The molecule has 1 aromatic carbocycles. The lowest BCUT2D eigenvalue weighted by Crippen LogP contribution is -2.50. The van der Waals surface area contributed by atoms with Gasteiger partial charge in [0.15, 0.2) is 0 Å². The van der Waals surface area contributed by atoms with Gasteiger partial charge in [-0.1, -0.05) is 26.0 Å². The van der Waals surface area contributed by atoms with Crippen LogP contribution in [0.4, 0.5) is 0 Å². The Labute approximate surface area is 210 Å². The predicted molar refractivity (Wildman–Crippen MR) is 137 cm³/mol. The van der Waals surface area contributed by atoms with Crippen molar-refractivity contribution in [3.63, 3.8) is 0 Å². The van der Waals surface area contributed by atoms with Gasteiger partial charge < -0.3 is 15.4 Å². The van der Waals surface area contributed by atoms with Gasteiger partial charge >= 0.3 is 0 Å². The molecule has 0 aromatic heterocycles. The third-order valence-corrected chi connectivity index (χ3v) is 9.09. The second-order valence-electron chi connectivity index (χ2n) is 12.1. The van der Waals surface area contributed by atoms with Crippen LogP contribution in [0.2, 0.25) is 0 Å². The first-order chi connectivity index (χ1) is 16.9. The van der Waals surface area contributed by atoms with Gasteiger partial charge in [0.2, 0.25) is 5.91 Å². The first-order valence-corrected chi connectivity index (χ1v) is 13.9. The number of nitrogens with one attached hydrogen (secondary N) is 2. The molecule has 1 saturated heterocycles. The molecule has 4 aliphatic carbocycles. The van der Waals surface area contributed by atoms with Gasteiger partial charge in [0.05, 0.1) is 13.2 Å². The molecule has 4 saturated carbocycles. The first kappa shape index (κ1) is 24.8. The van der Waals surface area contributed by atoms with Crippen molar-refractivity contribution in [2.24, 2.45) is 23.7 Å². The summed E-state index contributed by atoms with van der Waals surface area (Å²) in [6.45, 7) is 9.03. The number of hydrogen-bond donors (Lipinski definition) is 2. The van der Waals surface area contributed by atoms with Gasteiger partial charge in [-0.3, -0.25) is 14.5 Å². The smallest absolute Gasteiger partial charge is 0.251 e. The van der Waals surface area contributed by atoms with E-state index in [2.05, 4.69) is 27.7 Å².